The van der Waals surface area contributed by atoms with Gasteiger partial charge in [0, 0.05) is 13.1 Å². The number of rotatable bonds is 4. The van der Waals surface area contributed by atoms with Gasteiger partial charge in [-0.15, -0.1) is 0 Å². The number of urea groups is 2. The number of carbonyl (C=O) groups excluding carboxylic acids is 4. The minimum Gasteiger partial charge on any atom is -0.337 e. The van der Waals surface area contributed by atoms with Gasteiger partial charge in [-0.05, 0) is 13.3 Å². The van der Waals surface area contributed by atoms with E-state index in [4.69, 9.17) is 0 Å². The summed E-state index contributed by atoms with van der Waals surface area (Å²) in [4.78, 5) is 46.9. The molecule has 0 spiro atoms. The molecule has 1 aliphatic heterocycles. The van der Waals surface area contributed by atoms with Crippen LogP contribution in [-0.4, -0.2) is 46.8 Å². The SMILES string of the molecule is CCCCNC(=O)N1C(=O)C(=O)N(CC)C1=O. The van der Waals surface area contributed by atoms with Crippen LogP contribution in [0.2, 0.25) is 0 Å². The number of hydrogen-bond acceptors (Lipinski definition) is 4. The maximum atomic E-state index is 11.6. The van der Waals surface area contributed by atoms with Gasteiger partial charge in [-0.1, -0.05) is 13.3 Å². The molecule has 6 amide bonds. The number of unbranched alkanes of at least 4 members (excludes halogenated alkanes) is 1. The molecule has 0 radical (unpaired) electrons. The van der Waals surface area contributed by atoms with Crippen molar-refractivity contribution in [3.05, 3.63) is 0 Å². The summed E-state index contributed by atoms with van der Waals surface area (Å²) in [6.07, 6.45) is 1.62. The molecule has 7 nitrogen and oxygen atoms in total. The Kier molecular flexibility index (Phi) is 4.19. The highest BCUT2D eigenvalue weighted by atomic mass is 16.2. The Labute approximate surface area is 98.7 Å². The van der Waals surface area contributed by atoms with E-state index in [9.17, 15) is 19.2 Å². The Morgan fingerprint density at radius 1 is 1.18 bits per heavy atom. The van der Waals surface area contributed by atoms with Crippen molar-refractivity contribution in [1.29, 1.82) is 0 Å². The quantitative estimate of drug-likeness (QED) is 0.436. The molecule has 1 heterocycles. The first-order chi connectivity index (χ1) is 8.04. The van der Waals surface area contributed by atoms with Crippen molar-refractivity contribution in [3.63, 3.8) is 0 Å². The normalized spacial score (nSPS) is 15.8. The summed E-state index contributed by atoms with van der Waals surface area (Å²) in [7, 11) is 0. The molecule has 7 heteroatoms. The summed E-state index contributed by atoms with van der Waals surface area (Å²) < 4.78 is 0. The molecule has 0 aromatic carbocycles. The van der Waals surface area contributed by atoms with E-state index in [1.807, 2.05) is 6.92 Å². The van der Waals surface area contributed by atoms with Crippen LogP contribution in [0.5, 0.6) is 0 Å². The number of nitrogens with zero attached hydrogens (tertiary/aromatic N) is 2. The number of hydrogen-bond donors (Lipinski definition) is 1. The summed E-state index contributed by atoms with van der Waals surface area (Å²) in [6, 6.07) is -1.71. The lowest BCUT2D eigenvalue weighted by Crippen LogP contribution is -2.44. The molecule has 0 bridgehead atoms. The summed E-state index contributed by atoms with van der Waals surface area (Å²) in [5.74, 6) is -2.05. The van der Waals surface area contributed by atoms with Crippen molar-refractivity contribution in [2.75, 3.05) is 13.1 Å². The van der Waals surface area contributed by atoms with Crippen LogP contribution in [0.25, 0.3) is 0 Å². The Morgan fingerprint density at radius 3 is 2.29 bits per heavy atom. The molecule has 0 saturated carbocycles. The van der Waals surface area contributed by atoms with Crippen LogP contribution >= 0.6 is 0 Å². The third-order valence-electron chi connectivity index (χ3n) is 2.38. The molecular formula is C10H15N3O4. The predicted molar refractivity (Wildman–Crippen MR) is 57.9 cm³/mol. The third-order valence-corrected chi connectivity index (χ3v) is 2.38. The standard InChI is InChI=1S/C10H15N3O4/c1-3-5-6-11-9(16)13-8(15)7(14)12(4-2)10(13)17/h3-6H2,1-2H3,(H,11,16). The maximum absolute atomic E-state index is 11.6. The van der Waals surface area contributed by atoms with Crippen molar-refractivity contribution >= 4 is 23.9 Å². The van der Waals surface area contributed by atoms with Gasteiger partial charge in [0.25, 0.3) is 0 Å². The Bertz CT molecular complexity index is 367. The molecular weight excluding hydrogens is 226 g/mol. The minimum atomic E-state index is -1.09. The molecule has 0 atom stereocenters. The van der Waals surface area contributed by atoms with Crippen molar-refractivity contribution in [3.8, 4) is 0 Å². The van der Waals surface area contributed by atoms with Crippen molar-refractivity contribution in [2.45, 2.75) is 26.7 Å². The van der Waals surface area contributed by atoms with Gasteiger partial charge in [-0.25, -0.2) is 9.59 Å². The third kappa shape index (κ3) is 2.43. The Morgan fingerprint density at radius 2 is 1.82 bits per heavy atom. The highest BCUT2D eigenvalue weighted by Gasteiger charge is 2.47. The molecule has 1 rings (SSSR count). The smallest absolute Gasteiger partial charge is 0.337 e. The van der Waals surface area contributed by atoms with Gasteiger partial charge in [-0.3, -0.25) is 14.5 Å². The van der Waals surface area contributed by atoms with Crippen LogP contribution in [0.3, 0.4) is 0 Å². The van der Waals surface area contributed by atoms with Crippen LogP contribution in [0.1, 0.15) is 26.7 Å². The number of carbonyl (C=O) groups is 4. The van der Waals surface area contributed by atoms with Crippen LogP contribution in [0, 0.1) is 0 Å². The highest BCUT2D eigenvalue weighted by Crippen LogP contribution is 2.11. The van der Waals surface area contributed by atoms with Crippen molar-refractivity contribution < 1.29 is 19.2 Å². The summed E-state index contributed by atoms with van der Waals surface area (Å²) >= 11 is 0. The first-order valence-corrected chi connectivity index (χ1v) is 5.52. The van der Waals surface area contributed by atoms with E-state index >= 15 is 0 Å². The van der Waals surface area contributed by atoms with Gasteiger partial charge in [0.1, 0.15) is 0 Å². The second-order valence-electron chi connectivity index (χ2n) is 3.56. The molecule has 0 aromatic heterocycles. The van der Waals surface area contributed by atoms with E-state index in [1.54, 1.807) is 6.92 Å². The Balaban J connectivity index is 2.71. The fraction of sp³-hybridized carbons (Fsp3) is 0.600. The van der Waals surface area contributed by atoms with Gasteiger partial charge >= 0.3 is 23.9 Å². The molecule has 1 fully saturated rings. The summed E-state index contributed by atoms with van der Waals surface area (Å²) in [5.41, 5.74) is 0. The van der Waals surface area contributed by atoms with E-state index in [2.05, 4.69) is 5.32 Å². The average molecular weight is 241 g/mol. The van der Waals surface area contributed by atoms with E-state index in [1.165, 1.54) is 0 Å². The largest absolute Gasteiger partial charge is 0.342 e. The molecule has 1 aliphatic rings. The molecule has 1 saturated heterocycles. The predicted octanol–water partition coefficient (Wildman–Crippen LogP) is 0.307. The average Bonchev–Trinajstić information content (AvgIpc) is 2.50. The van der Waals surface area contributed by atoms with E-state index in [0.29, 0.717) is 11.4 Å². The number of amides is 6. The lowest BCUT2D eigenvalue weighted by molar-refractivity contribution is -0.142. The second kappa shape index (κ2) is 5.42. The number of likely N-dealkylation sites (N-methyl/N-ethyl adjacent to an activating group) is 1. The monoisotopic (exact) mass is 241 g/mol. The topological polar surface area (TPSA) is 86.8 Å². The summed E-state index contributed by atoms with van der Waals surface area (Å²) in [5, 5.41) is 2.42. The molecule has 0 aromatic rings. The first-order valence-electron chi connectivity index (χ1n) is 5.52. The zero-order valence-corrected chi connectivity index (χ0v) is 9.86. The van der Waals surface area contributed by atoms with Crippen LogP contribution in [0.4, 0.5) is 9.59 Å². The van der Waals surface area contributed by atoms with Crippen LogP contribution in [0.15, 0.2) is 0 Å². The molecule has 0 unspecified atom stereocenters. The lowest BCUT2D eigenvalue weighted by atomic mass is 10.3. The van der Waals surface area contributed by atoms with Gasteiger partial charge in [0.2, 0.25) is 0 Å². The van der Waals surface area contributed by atoms with Crippen LogP contribution in [-0.2, 0) is 9.59 Å². The molecule has 94 valence electrons. The number of imide groups is 4. The number of nitrogens with one attached hydrogen (secondary N) is 1. The van der Waals surface area contributed by atoms with Gasteiger partial charge in [0.15, 0.2) is 0 Å². The molecule has 0 aliphatic carbocycles. The van der Waals surface area contributed by atoms with Crippen LogP contribution < -0.4 is 5.32 Å². The van der Waals surface area contributed by atoms with Gasteiger partial charge in [0.05, 0.1) is 0 Å². The zero-order chi connectivity index (χ0) is 13.0. The van der Waals surface area contributed by atoms with E-state index in [-0.39, 0.29) is 6.54 Å². The van der Waals surface area contributed by atoms with Gasteiger partial charge in [-0.2, -0.15) is 4.90 Å². The van der Waals surface area contributed by atoms with E-state index < -0.39 is 23.9 Å². The maximum Gasteiger partial charge on any atom is 0.342 e. The highest BCUT2D eigenvalue weighted by molar-refractivity contribution is 6.48. The second-order valence-corrected chi connectivity index (χ2v) is 3.56. The fourth-order valence-corrected chi connectivity index (χ4v) is 1.41. The van der Waals surface area contributed by atoms with Crippen molar-refractivity contribution in [1.82, 2.24) is 15.1 Å². The van der Waals surface area contributed by atoms with E-state index in [0.717, 1.165) is 17.7 Å². The molecule has 1 N–H and O–H groups in total. The van der Waals surface area contributed by atoms with Gasteiger partial charge < -0.3 is 5.32 Å². The van der Waals surface area contributed by atoms with Crippen molar-refractivity contribution in [2.24, 2.45) is 0 Å². The Hall–Kier alpha value is -1.92. The fourth-order valence-electron chi connectivity index (χ4n) is 1.41. The lowest BCUT2D eigenvalue weighted by Gasteiger charge is -2.13. The molecule has 17 heavy (non-hydrogen) atoms. The minimum absolute atomic E-state index is 0.0716. The zero-order valence-electron chi connectivity index (χ0n) is 9.86. The summed E-state index contributed by atoms with van der Waals surface area (Å²) in [6.45, 7) is 3.94. The first kappa shape index (κ1) is 13.1.